The maximum absolute atomic E-state index is 12.8. The third-order valence-corrected chi connectivity index (χ3v) is 5.47. The van der Waals surface area contributed by atoms with E-state index in [9.17, 15) is 14.7 Å². The van der Waals surface area contributed by atoms with Crippen LogP contribution < -0.4 is 0 Å². The van der Waals surface area contributed by atoms with Crippen LogP contribution in [0, 0.1) is 0 Å². The predicted molar refractivity (Wildman–Crippen MR) is 119 cm³/mol. The largest absolute Gasteiger partial charge is 0.462 e. The molecule has 31 heavy (non-hydrogen) atoms. The molecule has 168 valence electrons. The van der Waals surface area contributed by atoms with Gasteiger partial charge in [0.15, 0.2) is 0 Å². The van der Waals surface area contributed by atoms with Crippen molar-refractivity contribution in [2.24, 2.45) is 0 Å². The molecule has 3 rings (SSSR count). The second-order valence-corrected chi connectivity index (χ2v) is 9.54. The number of carbonyl (C=O) groups is 2. The van der Waals surface area contributed by atoms with Crippen molar-refractivity contribution in [2.75, 3.05) is 19.7 Å². The Balaban J connectivity index is 2.00. The number of aliphatic hydroxyl groups is 1. The van der Waals surface area contributed by atoms with Crippen LogP contribution in [0.5, 0.6) is 0 Å². The van der Waals surface area contributed by atoms with Crippen molar-refractivity contribution in [3.05, 3.63) is 44.7 Å². The van der Waals surface area contributed by atoms with Crippen LogP contribution in [0.3, 0.4) is 0 Å². The van der Waals surface area contributed by atoms with Gasteiger partial charge in [-0.25, -0.2) is 9.59 Å². The molecule has 1 aromatic heterocycles. The summed E-state index contributed by atoms with van der Waals surface area (Å²) in [7, 11) is 0. The fourth-order valence-corrected chi connectivity index (χ4v) is 4.42. The minimum Gasteiger partial charge on any atom is -0.462 e. The summed E-state index contributed by atoms with van der Waals surface area (Å²) in [6.45, 7) is 6.96. The van der Waals surface area contributed by atoms with Crippen LogP contribution in [-0.4, -0.2) is 52.4 Å². The van der Waals surface area contributed by atoms with E-state index < -0.39 is 23.3 Å². The first-order chi connectivity index (χ1) is 14.4. The van der Waals surface area contributed by atoms with Crippen molar-refractivity contribution < 1.29 is 24.2 Å². The normalized spacial score (nSPS) is 15.4. The van der Waals surface area contributed by atoms with Crippen LogP contribution in [0.4, 0.5) is 4.79 Å². The monoisotopic (exact) mass is 488 g/mol. The first-order valence-corrected chi connectivity index (χ1v) is 10.7. The Morgan fingerprint density at radius 2 is 1.77 bits per heavy atom. The molecule has 0 aliphatic carbocycles. The number of amides is 1. The maximum atomic E-state index is 12.8. The molecule has 1 fully saturated rings. The molecule has 0 atom stereocenters. The van der Waals surface area contributed by atoms with Crippen LogP contribution in [0.25, 0.3) is 11.1 Å². The van der Waals surface area contributed by atoms with E-state index in [1.807, 2.05) is 0 Å². The first-order valence-electron chi connectivity index (χ1n) is 9.60. The summed E-state index contributed by atoms with van der Waals surface area (Å²) in [5, 5.41) is 12.0. The fraction of sp³-hybridized carbons (Fsp3) is 0.429. The number of ether oxygens (including phenoxy) is 2. The van der Waals surface area contributed by atoms with E-state index in [4.69, 9.17) is 44.3 Å². The Bertz CT molecular complexity index is 1000. The summed E-state index contributed by atoms with van der Waals surface area (Å²) < 4.78 is 10.5. The molecule has 0 bridgehead atoms. The smallest absolute Gasteiger partial charge is 0.410 e. The Labute approximate surface area is 195 Å². The zero-order valence-electron chi connectivity index (χ0n) is 17.5. The molecule has 0 radical (unpaired) electrons. The quantitative estimate of drug-likeness (QED) is 0.572. The van der Waals surface area contributed by atoms with Gasteiger partial charge >= 0.3 is 12.1 Å². The molecular formula is C21H23Cl3N2O5. The van der Waals surface area contributed by atoms with Crippen molar-refractivity contribution in [2.45, 2.75) is 38.9 Å². The number of benzene rings is 1. The van der Waals surface area contributed by atoms with E-state index in [-0.39, 0.29) is 41.0 Å². The number of β-amino-alcohol motifs (C(OH)–C–C–N with tert-alkyl or cyclic N) is 1. The van der Waals surface area contributed by atoms with Gasteiger partial charge in [-0.1, -0.05) is 34.8 Å². The van der Waals surface area contributed by atoms with E-state index in [0.717, 1.165) is 0 Å². The number of nitrogens with one attached hydrogen (secondary N) is 1. The highest BCUT2D eigenvalue weighted by atomic mass is 35.5. The van der Waals surface area contributed by atoms with Gasteiger partial charge in [0.05, 0.1) is 41.0 Å². The van der Waals surface area contributed by atoms with Crippen LogP contribution in [0.1, 0.15) is 43.7 Å². The predicted octanol–water partition coefficient (Wildman–Crippen LogP) is 5.26. The number of aromatic amines is 1. The summed E-state index contributed by atoms with van der Waals surface area (Å²) in [5.74, 6) is -0.653. The van der Waals surface area contributed by atoms with Crippen molar-refractivity contribution >= 4 is 46.9 Å². The second kappa shape index (κ2) is 8.54. The number of hydrogen-bond acceptors (Lipinski definition) is 5. The van der Waals surface area contributed by atoms with Crippen LogP contribution >= 0.6 is 34.8 Å². The Morgan fingerprint density at radius 1 is 1.19 bits per heavy atom. The Hall–Kier alpha value is -1.93. The van der Waals surface area contributed by atoms with Gasteiger partial charge in [0.1, 0.15) is 11.2 Å². The lowest BCUT2D eigenvalue weighted by Crippen LogP contribution is -2.62. The fourth-order valence-electron chi connectivity index (χ4n) is 3.40. The van der Waals surface area contributed by atoms with Crippen molar-refractivity contribution in [1.29, 1.82) is 0 Å². The highest BCUT2D eigenvalue weighted by Crippen LogP contribution is 2.43. The highest BCUT2D eigenvalue weighted by molar-refractivity contribution is 6.42. The third-order valence-electron chi connectivity index (χ3n) is 4.66. The number of likely N-dealkylation sites (tertiary alicyclic amines) is 1. The van der Waals surface area contributed by atoms with Crippen LogP contribution in [0.15, 0.2) is 18.3 Å². The molecule has 1 saturated heterocycles. The molecule has 2 heterocycles. The number of rotatable bonds is 4. The van der Waals surface area contributed by atoms with Gasteiger partial charge in [0, 0.05) is 22.3 Å². The zero-order chi connectivity index (χ0) is 23.1. The van der Waals surface area contributed by atoms with Crippen LogP contribution in [-0.2, 0) is 15.1 Å². The lowest BCUT2D eigenvalue weighted by Gasteiger charge is -2.46. The van der Waals surface area contributed by atoms with E-state index in [1.165, 1.54) is 23.2 Å². The molecule has 2 N–H and O–H groups in total. The van der Waals surface area contributed by atoms with Gasteiger partial charge in [0.25, 0.3) is 0 Å². The van der Waals surface area contributed by atoms with Crippen molar-refractivity contribution in [1.82, 2.24) is 9.88 Å². The van der Waals surface area contributed by atoms with Gasteiger partial charge in [-0.05, 0) is 39.8 Å². The van der Waals surface area contributed by atoms with E-state index in [2.05, 4.69) is 4.98 Å². The molecule has 0 spiro atoms. The molecule has 1 amide bonds. The van der Waals surface area contributed by atoms with Gasteiger partial charge in [-0.15, -0.1) is 0 Å². The maximum Gasteiger partial charge on any atom is 0.410 e. The lowest BCUT2D eigenvalue weighted by atomic mass is 9.87. The summed E-state index contributed by atoms with van der Waals surface area (Å²) in [6.07, 6.45) is 0.974. The average molecular weight is 490 g/mol. The van der Waals surface area contributed by atoms with Crippen molar-refractivity contribution in [3.8, 4) is 11.1 Å². The van der Waals surface area contributed by atoms with E-state index >= 15 is 0 Å². The molecule has 1 aliphatic heterocycles. The van der Waals surface area contributed by atoms with E-state index in [0.29, 0.717) is 16.1 Å². The van der Waals surface area contributed by atoms with E-state index in [1.54, 1.807) is 27.7 Å². The molecule has 10 heteroatoms. The summed E-state index contributed by atoms with van der Waals surface area (Å²) in [6, 6.07) is 3.02. The SMILES string of the molecule is CCOC(=O)c1c(-c2c(Cl)cc(Cl)cc2Cl)c[nH]c1C1(O)CN(C(=O)OC(C)(C)C)C1. The van der Waals surface area contributed by atoms with Gasteiger partial charge in [-0.2, -0.15) is 0 Å². The number of halogens is 3. The summed E-state index contributed by atoms with van der Waals surface area (Å²) in [4.78, 5) is 29.4. The minimum absolute atomic E-state index is 0.0592. The number of aromatic nitrogens is 1. The molecule has 1 aromatic carbocycles. The standard InChI is InChI=1S/C21H23Cl3N2O5/c1-5-30-18(27)16-12(15-13(23)6-11(22)7-14(15)24)8-25-17(16)21(29)9-26(10-21)19(28)31-20(2,3)4/h6-8,25,29H,5,9-10H2,1-4H3. The zero-order valence-corrected chi connectivity index (χ0v) is 19.8. The number of carbonyl (C=O) groups excluding carboxylic acids is 2. The van der Waals surface area contributed by atoms with Crippen molar-refractivity contribution in [3.63, 3.8) is 0 Å². The molecule has 7 nitrogen and oxygen atoms in total. The topological polar surface area (TPSA) is 91.9 Å². The van der Waals surface area contributed by atoms with Gasteiger partial charge in [0.2, 0.25) is 0 Å². The van der Waals surface area contributed by atoms with Gasteiger partial charge in [-0.3, -0.25) is 0 Å². The molecule has 0 saturated carbocycles. The summed E-state index contributed by atoms with van der Waals surface area (Å²) >= 11 is 18.7. The number of nitrogens with zero attached hydrogens (tertiary/aromatic N) is 1. The van der Waals surface area contributed by atoms with Gasteiger partial charge < -0.3 is 24.5 Å². The minimum atomic E-state index is -1.50. The lowest BCUT2D eigenvalue weighted by molar-refractivity contribution is -0.106. The first kappa shape index (κ1) is 23.7. The number of hydrogen-bond donors (Lipinski definition) is 2. The Morgan fingerprint density at radius 3 is 2.29 bits per heavy atom. The molecule has 2 aromatic rings. The number of esters is 1. The number of H-pyrrole nitrogens is 1. The average Bonchev–Trinajstić information content (AvgIpc) is 3.01. The molecule has 1 aliphatic rings. The highest BCUT2D eigenvalue weighted by Gasteiger charge is 2.50. The molecule has 0 unspecified atom stereocenters. The van der Waals surface area contributed by atoms with Crippen LogP contribution in [0.2, 0.25) is 15.1 Å². The third kappa shape index (κ3) is 4.80. The Kier molecular flexibility index (Phi) is 6.54. The summed E-state index contributed by atoms with van der Waals surface area (Å²) in [5.41, 5.74) is -1.11. The molecular weight excluding hydrogens is 467 g/mol. The second-order valence-electron chi connectivity index (χ2n) is 8.29.